The van der Waals surface area contributed by atoms with Crippen LogP contribution in [0.2, 0.25) is 0 Å². The third kappa shape index (κ3) is 4.47. The Balaban J connectivity index is 3.13. The van der Waals surface area contributed by atoms with Crippen LogP contribution in [0.25, 0.3) is 0 Å². The van der Waals surface area contributed by atoms with Gasteiger partial charge in [-0.2, -0.15) is 0 Å². The second kappa shape index (κ2) is 9.16. The quantitative estimate of drug-likeness (QED) is 0.500. The SMILES string of the molecule is CCOC(=O)C(CCC(C)C)(C(=O)OCC)C1CCCCC1. The molecule has 4 heteroatoms. The van der Waals surface area contributed by atoms with Crippen molar-refractivity contribution in [1.29, 1.82) is 0 Å². The fourth-order valence-electron chi connectivity index (χ4n) is 3.46. The maximum Gasteiger partial charge on any atom is 0.323 e. The Morgan fingerprint density at radius 3 is 1.91 bits per heavy atom. The van der Waals surface area contributed by atoms with E-state index in [0.717, 1.165) is 32.1 Å². The third-order valence-electron chi connectivity index (χ3n) is 4.70. The molecule has 22 heavy (non-hydrogen) atoms. The summed E-state index contributed by atoms with van der Waals surface area (Å²) in [4.78, 5) is 25.5. The fourth-order valence-corrected chi connectivity index (χ4v) is 3.46. The molecule has 0 aromatic carbocycles. The third-order valence-corrected chi connectivity index (χ3v) is 4.70. The molecule has 1 saturated carbocycles. The second-order valence-electron chi connectivity index (χ2n) is 6.68. The van der Waals surface area contributed by atoms with Crippen LogP contribution in [0, 0.1) is 17.3 Å². The molecule has 0 radical (unpaired) electrons. The number of hydrogen-bond acceptors (Lipinski definition) is 4. The first kappa shape index (κ1) is 19.0. The molecule has 0 unspecified atom stereocenters. The predicted octanol–water partition coefficient (Wildman–Crippen LogP) is 4.12. The van der Waals surface area contributed by atoms with E-state index < -0.39 is 5.41 Å². The minimum atomic E-state index is -1.10. The summed E-state index contributed by atoms with van der Waals surface area (Å²) in [5.41, 5.74) is -1.10. The molecule has 1 fully saturated rings. The molecule has 0 aromatic rings. The average Bonchev–Trinajstić information content (AvgIpc) is 2.49. The van der Waals surface area contributed by atoms with Gasteiger partial charge in [-0.1, -0.05) is 33.1 Å². The molecule has 0 aromatic heterocycles. The van der Waals surface area contributed by atoms with Crippen molar-refractivity contribution in [2.45, 2.75) is 72.6 Å². The van der Waals surface area contributed by atoms with E-state index in [-0.39, 0.29) is 17.9 Å². The van der Waals surface area contributed by atoms with Crippen LogP contribution in [0.1, 0.15) is 72.6 Å². The highest BCUT2D eigenvalue weighted by Gasteiger charge is 2.54. The van der Waals surface area contributed by atoms with Crippen molar-refractivity contribution >= 4 is 11.9 Å². The average molecular weight is 312 g/mol. The molecule has 0 N–H and O–H groups in total. The van der Waals surface area contributed by atoms with E-state index in [1.54, 1.807) is 13.8 Å². The highest BCUT2D eigenvalue weighted by atomic mass is 16.6. The van der Waals surface area contributed by atoms with Crippen LogP contribution < -0.4 is 0 Å². The molecule has 0 saturated heterocycles. The van der Waals surface area contributed by atoms with Gasteiger partial charge in [0, 0.05) is 0 Å². The van der Waals surface area contributed by atoms with Crippen LogP contribution in [0.4, 0.5) is 0 Å². The Bertz CT molecular complexity index is 338. The van der Waals surface area contributed by atoms with Gasteiger partial charge in [-0.15, -0.1) is 0 Å². The summed E-state index contributed by atoms with van der Waals surface area (Å²) in [5, 5.41) is 0. The smallest absolute Gasteiger partial charge is 0.323 e. The van der Waals surface area contributed by atoms with Crippen molar-refractivity contribution in [3.05, 3.63) is 0 Å². The fraction of sp³-hybridized carbons (Fsp3) is 0.889. The van der Waals surface area contributed by atoms with Crippen LogP contribution >= 0.6 is 0 Å². The molecule has 0 atom stereocenters. The lowest BCUT2D eigenvalue weighted by Gasteiger charge is -2.38. The molecular weight excluding hydrogens is 280 g/mol. The van der Waals surface area contributed by atoms with E-state index in [1.807, 2.05) is 0 Å². The van der Waals surface area contributed by atoms with Gasteiger partial charge in [-0.25, -0.2) is 0 Å². The predicted molar refractivity (Wildman–Crippen MR) is 86.3 cm³/mol. The summed E-state index contributed by atoms with van der Waals surface area (Å²) in [6.07, 6.45) is 6.52. The summed E-state index contributed by atoms with van der Waals surface area (Å²) in [5.74, 6) is -0.257. The van der Waals surface area contributed by atoms with Gasteiger partial charge in [0.05, 0.1) is 13.2 Å². The molecule has 1 aliphatic carbocycles. The number of hydrogen-bond donors (Lipinski definition) is 0. The zero-order chi connectivity index (χ0) is 16.6. The highest BCUT2D eigenvalue weighted by Crippen LogP contribution is 2.44. The lowest BCUT2D eigenvalue weighted by atomic mass is 9.65. The summed E-state index contributed by atoms with van der Waals surface area (Å²) in [6, 6.07) is 0. The molecule has 0 aliphatic heterocycles. The van der Waals surface area contributed by atoms with E-state index in [2.05, 4.69) is 13.8 Å². The van der Waals surface area contributed by atoms with Gasteiger partial charge < -0.3 is 9.47 Å². The van der Waals surface area contributed by atoms with Gasteiger partial charge in [0.25, 0.3) is 0 Å². The van der Waals surface area contributed by atoms with Crippen molar-refractivity contribution in [3.63, 3.8) is 0 Å². The van der Waals surface area contributed by atoms with Gasteiger partial charge >= 0.3 is 11.9 Å². The number of carbonyl (C=O) groups is 2. The summed E-state index contributed by atoms with van der Waals surface area (Å²) < 4.78 is 10.6. The zero-order valence-corrected chi connectivity index (χ0v) is 14.7. The lowest BCUT2D eigenvalue weighted by Crippen LogP contribution is -2.48. The van der Waals surface area contributed by atoms with E-state index >= 15 is 0 Å². The molecule has 0 bridgehead atoms. The monoisotopic (exact) mass is 312 g/mol. The Morgan fingerprint density at radius 2 is 1.50 bits per heavy atom. The van der Waals surface area contributed by atoms with Gasteiger partial charge in [-0.3, -0.25) is 9.59 Å². The van der Waals surface area contributed by atoms with Gasteiger partial charge in [0.15, 0.2) is 5.41 Å². The normalized spacial score (nSPS) is 16.6. The molecule has 1 aliphatic rings. The van der Waals surface area contributed by atoms with Gasteiger partial charge in [0.2, 0.25) is 0 Å². The Morgan fingerprint density at radius 1 is 1.00 bits per heavy atom. The summed E-state index contributed by atoms with van der Waals surface area (Å²) in [7, 11) is 0. The zero-order valence-electron chi connectivity index (χ0n) is 14.7. The first-order valence-electron chi connectivity index (χ1n) is 8.83. The van der Waals surface area contributed by atoms with E-state index in [9.17, 15) is 9.59 Å². The Labute approximate surface area is 134 Å². The molecule has 0 spiro atoms. The van der Waals surface area contributed by atoms with Crippen LogP contribution in [0.3, 0.4) is 0 Å². The minimum Gasteiger partial charge on any atom is -0.465 e. The lowest BCUT2D eigenvalue weighted by molar-refractivity contribution is -0.179. The van der Waals surface area contributed by atoms with Crippen molar-refractivity contribution in [3.8, 4) is 0 Å². The number of rotatable bonds is 8. The molecule has 0 amide bonds. The van der Waals surface area contributed by atoms with Crippen molar-refractivity contribution in [2.75, 3.05) is 13.2 Å². The molecule has 4 nitrogen and oxygen atoms in total. The molecular formula is C18H32O4. The number of carbonyl (C=O) groups excluding carboxylic acids is 2. The highest BCUT2D eigenvalue weighted by molar-refractivity contribution is 6.00. The van der Waals surface area contributed by atoms with Crippen LogP contribution in [0.15, 0.2) is 0 Å². The molecule has 0 heterocycles. The number of esters is 2. The van der Waals surface area contributed by atoms with Crippen LogP contribution in [0.5, 0.6) is 0 Å². The summed E-state index contributed by atoms with van der Waals surface area (Å²) >= 11 is 0. The van der Waals surface area contributed by atoms with Crippen molar-refractivity contribution < 1.29 is 19.1 Å². The maximum absolute atomic E-state index is 12.8. The van der Waals surface area contributed by atoms with Crippen LogP contribution in [-0.2, 0) is 19.1 Å². The summed E-state index contributed by atoms with van der Waals surface area (Å²) in [6.45, 7) is 8.40. The van der Waals surface area contributed by atoms with Crippen molar-refractivity contribution in [2.24, 2.45) is 17.3 Å². The Hall–Kier alpha value is -1.06. The van der Waals surface area contributed by atoms with Gasteiger partial charge in [-0.05, 0) is 51.4 Å². The van der Waals surface area contributed by atoms with E-state index in [0.29, 0.717) is 25.6 Å². The van der Waals surface area contributed by atoms with E-state index in [1.165, 1.54) is 6.42 Å². The topological polar surface area (TPSA) is 52.6 Å². The maximum atomic E-state index is 12.8. The first-order valence-corrected chi connectivity index (χ1v) is 8.83. The van der Waals surface area contributed by atoms with Gasteiger partial charge in [0.1, 0.15) is 0 Å². The standard InChI is InChI=1S/C18H32O4/c1-5-21-16(19)18(13-12-14(3)4,17(20)22-6-2)15-10-8-7-9-11-15/h14-15H,5-13H2,1-4H3. The Kier molecular flexibility index (Phi) is 7.91. The minimum absolute atomic E-state index is 0.0538. The van der Waals surface area contributed by atoms with Crippen LogP contribution in [-0.4, -0.2) is 25.2 Å². The van der Waals surface area contributed by atoms with E-state index in [4.69, 9.17) is 9.47 Å². The largest absolute Gasteiger partial charge is 0.465 e. The molecule has 1 rings (SSSR count). The first-order chi connectivity index (χ1) is 10.5. The molecule has 128 valence electrons. The second-order valence-corrected chi connectivity index (χ2v) is 6.68. The van der Waals surface area contributed by atoms with Crippen molar-refractivity contribution in [1.82, 2.24) is 0 Å². The number of ether oxygens (including phenoxy) is 2.